The van der Waals surface area contributed by atoms with Gasteiger partial charge in [-0.05, 0) is 88.5 Å². The molecule has 0 atom stereocenters. The fourth-order valence-corrected chi connectivity index (χ4v) is 23.7. The van der Waals surface area contributed by atoms with Crippen molar-refractivity contribution in [1.82, 2.24) is 9.13 Å². The molecule has 12 aromatic carbocycles. The van der Waals surface area contributed by atoms with Crippen LogP contribution in [0.5, 0.6) is 0 Å². The molecule has 2 nitrogen and oxygen atoms in total. The first kappa shape index (κ1) is 44.2. The van der Waals surface area contributed by atoms with Gasteiger partial charge in [-0.2, -0.15) is 0 Å². The van der Waals surface area contributed by atoms with Gasteiger partial charge in [0.05, 0.1) is 27.8 Å². The van der Waals surface area contributed by atoms with Gasteiger partial charge in [0.2, 0.25) is 0 Å². The molecule has 0 aliphatic carbocycles. The van der Waals surface area contributed by atoms with Crippen molar-refractivity contribution in [2.24, 2.45) is 0 Å². The first-order valence-corrected chi connectivity index (χ1v) is 30.4. The SMILES string of the molecule is c1ccc([Si](c2ccccc2)(c2ccccc2)c2ccc(-n3c4ccccc4c4cccc(-n5c6ccccc6c6cccc(-c7cccc8c7[Si](c7ccccc7)(c7ccccc7)c7ccccc7-8)c65)c43)cc2)cc1. The van der Waals surface area contributed by atoms with E-state index in [2.05, 4.69) is 312 Å². The lowest BCUT2D eigenvalue weighted by Gasteiger charge is -2.34. The lowest BCUT2D eigenvalue weighted by molar-refractivity contribution is 1.13. The molecular weight excluding hydrogens is 949 g/mol. The molecular formula is C72H50N2Si2. The zero-order chi connectivity index (χ0) is 50.2. The molecule has 15 rings (SSSR count). The van der Waals surface area contributed by atoms with E-state index in [-0.39, 0.29) is 0 Å². The average molecular weight is 999 g/mol. The molecule has 0 spiro atoms. The zero-order valence-corrected chi connectivity index (χ0v) is 43.8. The van der Waals surface area contributed by atoms with Crippen LogP contribution in [0.4, 0.5) is 0 Å². The van der Waals surface area contributed by atoms with Crippen LogP contribution < -0.4 is 41.5 Å². The van der Waals surface area contributed by atoms with Crippen LogP contribution in [0.15, 0.2) is 303 Å². The fourth-order valence-electron chi connectivity index (χ4n) is 13.6. The van der Waals surface area contributed by atoms with E-state index in [1.165, 1.54) is 107 Å². The predicted octanol–water partition coefficient (Wildman–Crippen LogP) is 12.3. The van der Waals surface area contributed by atoms with Crippen molar-refractivity contribution < 1.29 is 0 Å². The highest BCUT2D eigenvalue weighted by atomic mass is 28.3. The number of aromatic nitrogens is 2. The summed E-state index contributed by atoms with van der Waals surface area (Å²) < 4.78 is 5.13. The molecule has 0 unspecified atom stereocenters. The predicted molar refractivity (Wildman–Crippen MR) is 327 cm³/mol. The molecule has 1 aliphatic heterocycles. The number of benzene rings is 12. The number of hydrogen-bond donors (Lipinski definition) is 0. The van der Waals surface area contributed by atoms with Gasteiger partial charge in [-0.15, -0.1) is 0 Å². The molecule has 0 bridgehead atoms. The average Bonchev–Trinajstić information content (AvgIpc) is 4.23. The highest BCUT2D eigenvalue weighted by Gasteiger charge is 2.50. The monoisotopic (exact) mass is 998 g/mol. The Bertz CT molecular complexity index is 4350. The summed E-state index contributed by atoms with van der Waals surface area (Å²) in [6.45, 7) is 0. The second kappa shape index (κ2) is 17.7. The van der Waals surface area contributed by atoms with Crippen molar-refractivity contribution in [1.29, 1.82) is 0 Å². The molecule has 0 N–H and O–H groups in total. The van der Waals surface area contributed by atoms with E-state index in [0.717, 1.165) is 11.4 Å². The smallest absolute Gasteiger partial charge is 0.181 e. The zero-order valence-electron chi connectivity index (χ0n) is 41.8. The lowest BCUT2D eigenvalue weighted by atomic mass is 9.97. The number of para-hydroxylation sites is 4. The summed E-state index contributed by atoms with van der Waals surface area (Å²) in [6, 6.07) is 114. The topological polar surface area (TPSA) is 9.86 Å². The van der Waals surface area contributed by atoms with Gasteiger partial charge >= 0.3 is 0 Å². The first-order valence-electron chi connectivity index (χ1n) is 26.4. The van der Waals surface area contributed by atoms with Crippen LogP contribution in [0.3, 0.4) is 0 Å². The van der Waals surface area contributed by atoms with Gasteiger partial charge in [-0.1, -0.05) is 273 Å². The third-order valence-electron chi connectivity index (χ3n) is 16.6. The Morgan fingerprint density at radius 2 is 0.658 bits per heavy atom. The van der Waals surface area contributed by atoms with Crippen molar-refractivity contribution in [2.45, 2.75) is 0 Å². The maximum absolute atomic E-state index is 2.89. The number of fused-ring (bicyclic) bond motifs is 9. The van der Waals surface area contributed by atoms with Crippen LogP contribution in [-0.4, -0.2) is 25.3 Å². The van der Waals surface area contributed by atoms with E-state index in [1.54, 1.807) is 0 Å². The molecule has 0 fully saturated rings. The Morgan fingerprint density at radius 3 is 1.24 bits per heavy atom. The van der Waals surface area contributed by atoms with Crippen molar-refractivity contribution in [3.05, 3.63) is 303 Å². The quantitative estimate of drug-likeness (QED) is 0.101. The highest BCUT2D eigenvalue weighted by Crippen LogP contribution is 2.43. The summed E-state index contributed by atoms with van der Waals surface area (Å²) in [4.78, 5) is 0. The van der Waals surface area contributed by atoms with Gasteiger partial charge in [-0.25, -0.2) is 0 Å². The Kier molecular flexibility index (Phi) is 10.3. The molecule has 0 saturated heterocycles. The van der Waals surface area contributed by atoms with Crippen molar-refractivity contribution in [3.63, 3.8) is 0 Å². The van der Waals surface area contributed by atoms with E-state index in [0.29, 0.717) is 0 Å². The fraction of sp³-hybridized carbons (Fsp3) is 0. The standard InChI is InChI=1S/C72H50N2Si2/c1-6-25-52(26-7-1)75(53-27-8-2-9-28-53,54-29-10-3-11-30-54)57-49-47-51(48-50-57)73-66-43-19-16-36-59(66)62-40-24-45-68(71(62)73)74-67-44-20-17-35-58(67)61-38-22-39-63(70(61)74)65-42-23-41-64-60-37-18-21-46-69(60)76(72(64)65,55-31-12-4-13-32-55)56-33-14-5-15-34-56/h1-50H. The van der Waals surface area contributed by atoms with Crippen molar-refractivity contribution in [2.75, 3.05) is 0 Å². The van der Waals surface area contributed by atoms with Crippen LogP contribution in [0, 0.1) is 0 Å². The summed E-state index contributed by atoms with van der Waals surface area (Å²) in [5, 5.41) is 16.0. The second-order valence-electron chi connectivity index (χ2n) is 20.2. The number of hydrogen-bond acceptors (Lipinski definition) is 0. The summed E-state index contributed by atoms with van der Waals surface area (Å²) in [5.74, 6) is 0. The lowest BCUT2D eigenvalue weighted by Crippen LogP contribution is -2.74. The summed E-state index contributed by atoms with van der Waals surface area (Å²) in [5.41, 5.74) is 12.2. The number of rotatable bonds is 9. The molecule has 14 aromatic rings. The van der Waals surface area contributed by atoms with Gasteiger partial charge < -0.3 is 9.13 Å². The highest BCUT2D eigenvalue weighted by molar-refractivity contribution is 7.23. The minimum absolute atomic E-state index is 1.13. The van der Waals surface area contributed by atoms with Crippen LogP contribution in [0.25, 0.3) is 77.2 Å². The Balaban J connectivity index is 1.01. The molecule has 0 radical (unpaired) electrons. The molecule has 0 saturated carbocycles. The molecule has 0 amide bonds. The van der Waals surface area contributed by atoms with Gasteiger partial charge in [0, 0.05) is 32.8 Å². The molecule has 356 valence electrons. The Hall–Kier alpha value is -9.33. The third kappa shape index (κ3) is 6.32. The largest absolute Gasteiger partial charge is 0.307 e. The molecule has 3 heterocycles. The van der Waals surface area contributed by atoms with Crippen molar-refractivity contribution >= 4 is 101 Å². The first-order chi connectivity index (χ1) is 37.8. The van der Waals surface area contributed by atoms with Crippen LogP contribution >= 0.6 is 0 Å². The normalized spacial score (nSPS) is 12.8. The van der Waals surface area contributed by atoms with Crippen molar-refractivity contribution in [3.8, 4) is 33.6 Å². The minimum atomic E-state index is -2.89. The van der Waals surface area contributed by atoms with E-state index in [9.17, 15) is 0 Å². The maximum atomic E-state index is 2.60. The molecule has 4 heteroatoms. The summed E-state index contributed by atoms with van der Waals surface area (Å²) in [7, 11) is -5.65. The third-order valence-corrected chi connectivity index (χ3v) is 26.3. The second-order valence-corrected chi connectivity index (χ2v) is 27.7. The Morgan fingerprint density at radius 1 is 0.263 bits per heavy atom. The van der Waals surface area contributed by atoms with Gasteiger partial charge in [0.1, 0.15) is 0 Å². The minimum Gasteiger partial charge on any atom is -0.307 e. The van der Waals surface area contributed by atoms with E-state index < -0.39 is 16.1 Å². The molecule has 1 aliphatic rings. The van der Waals surface area contributed by atoms with Crippen LogP contribution in [0.2, 0.25) is 0 Å². The molecule has 2 aromatic heterocycles. The maximum Gasteiger partial charge on any atom is 0.181 e. The number of nitrogens with zero attached hydrogens (tertiary/aromatic N) is 2. The summed E-state index contributed by atoms with van der Waals surface area (Å²) >= 11 is 0. The van der Waals surface area contributed by atoms with Gasteiger partial charge in [0.25, 0.3) is 0 Å². The van der Waals surface area contributed by atoms with Crippen LogP contribution in [-0.2, 0) is 0 Å². The van der Waals surface area contributed by atoms with Crippen LogP contribution in [0.1, 0.15) is 0 Å². The summed E-state index contributed by atoms with van der Waals surface area (Å²) in [6.07, 6.45) is 0. The van der Waals surface area contributed by atoms with E-state index >= 15 is 0 Å². The van der Waals surface area contributed by atoms with Gasteiger partial charge in [-0.3, -0.25) is 0 Å². The Labute approximate surface area is 444 Å². The molecule has 76 heavy (non-hydrogen) atoms. The van der Waals surface area contributed by atoms with E-state index in [4.69, 9.17) is 0 Å². The van der Waals surface area contributed by atoms with Gasteiger partial charge in [0.15, 0.2) is 16.1 Å². The van der Waals surface area contributed by atoms with E-state index in [1.807, 2.05) is 0 Å².